The lowest BCUT2D eigenvalue weighted by Gasteiger charge is -2.29. The van der Waals surface area contributed by atoms with Gasteiger partial charge >= 0.3 is 5.97 Å². The number of nitrogens with two attached hydrogens (primary N) is 2. The molecule has 1 aromatic rings. The number of aromatic hydroxyl groups is 1. The van der Waals surface area contributed by atoms with E-state index in [-0.39, 0.29) is 30.9 Å². The first-order valence-electron chi connectivity index (χ1n) is 21.3. The number of primary amides is 1. The maximum Gasteiger partial charge on any atom is 0.326 e. The standard InChI is InChI=1S/C41H66N10O16/c1-6-20(4)32(40(65)44-21(5)33(58)48-28(16-53)39(64)50-30(18-55)38(63)47-27(41(66)67)13-19(2)3)51-35(60)25(11-12-31(43)57)45-37(62)29(17-54)49-36(61)26(46-34(59)24(42)15-52)14-22-7-9-23(56)10-8-22/h7-10,19-21,24-30,32,52-56H,6,11-18,42H2,1-5H3,(H2,43,57)(H,44,65)(H,45,62)(H,46,59)(H,47,63)(H,48,58)(H,49,61)(H,50,64)(H,51,60)(H,66,67)/t20-,21-,24-,25-,26-,27-,28-,29-,30-,32-/m0/s1. The maximum atomic E-state index is 13.8. The van der Waals surface area contributed by atoms with E-state index in [1.165, 1.54) is 31.2 Å². The fourth-order valence-electron chi connectivity index (χ4n) is 5.98. The van der Waals surface area contributed by atoms with Crippen LogP contribution >= 0.6 is 0 Å². The van der Waals surface area contributed by atoms with Gasteiger partial charge in [0.2, 0.25) is 53.2 Å². The molecule has 0 saturated heterocycles. The fraction of sp³-hybridized carbons (Fsp3) is 0.610. The number of carboxylic acids is 1. The summed E-state index contributed by atoms with van der Waals surface area (Å²) < 4.78 is 0. The number of hydrogen-bond donors (Lipinski definition) is 16. The summed E-state index contributed by atoms with van der Waals surface area (Å²) in [4.78, 5) is 129. The van der Waals surface area contributed by atoms with Crippen LogP contribution in [0.2, 0.25) is 0 Å². The molecule has 18 N–H and O–H groups in total. The summed E-state index contributed by atoms with van der Waals surface area (Å²) in [6.45, 7) is 4.03. The van der Waals surface area contributed by atoms with Gasteiger partial charge in [0.15, 0.2) is 0 Å². The van der Waals surface area contributed by atoms with Gasteiger partial charge < -0.3 is 84.6 Å². The van der Waals surface area contributed by atoms with Gasteiger partial charge in [0, 0.05) is 12.8 Å². The number of benzene rings is 1. The van der Waals surface area contributed by atoms with Crippen molar-refractivity contribution in [3.05, 3.63) is 29.8 Å². The molecule has 26 nitrogen and oxygen atoms in total. The molecule has 0 fully saturated rings. The Kier molecular flexibility index (Phi) is 25.5. The first-order chi connectivity index (χ1) is 31.4. The highest BCUT2D eigenvalue weighted by Gasteiger charge is 2.35. The molecule has 1 aromatic carbocycles. The zero-order chi connectivity index (χ0) is 51.1. The summed E-state index contributed by atoms with van der Waals surface area (Å²) in [5, 5.41) is 76.4. The Morgan fingerprint density at radius 2 is 0.985 bits per heavy atom. The number of amides is 9. The number of rotatable bonds is 30. The van der Waals surface area contributed by atoms with Crippen LogP contribution in [0.15, 0.2) is 24.3 Å². The highest BCUT2D eigenvalue weighted by atomic mass is 16.4. The summed E-state index contributed by atoms with van der Waals surface area (Å²) in [5.41, 5.74) is 11.3. The van der Waals surface area contributed by atoms with Crippen LogP contribution in [0, 0.1) is 11.8 Å². The molecule has 0 bridgehead atoms. The topological polar surface area (TPSA) is 440 Å². The third kappa shape index (κ3) is 20.3. The Hall–Kier alpha value is -6.48. The number of hydrogen-bond acceptors (Lipinski definition) is 16. The van der Waals surface area contributed by atoms with Gasteiger partial charge in [-0.3, -0.25) is 43.2 Å². The highest BCUT2D eigenvalue weighted by Crippen LogP contribution is 2.13. The molecule has 26 heteroatoms. The van der Waals surface area contributed by atoms with Crippen LogP contribution in [-0.2, 0) is 54.4 Å². The SMILES string of the molecule is CC[C@H](C)[C@H](NC(=O)[C@H](CCC(N)=O)NC(=O)[C@H](CO)NC(=O)[C@H](Cc1ccc(O)cc1)NC(=O)[C@@H](N)CO)C(=O)N[C@@H](C)C(=O)N[C@@H](CO)C(=O)N[C@@H](CO)C(=O)N[C@@H](CC(C)C)C(=O)O. The first-order valence-corrected chi connectivity index (χ1v) is 21.3. The fourth-order valence-corrected chi connectivity index (χ4v) is 5.98. The van der Waals surface area contributed by atoms with E-state index in [1.54, 1.807) is 27.7 Å². The van der Waals surface area contributed by atoms with E-state index < -0.39 is 159 Å². The molecule has 0 aliphatic rings. The monoisotopic (exact) mass is 954 g/mol. The smallest absolute Gasteiger partial charge is 0.326 e. The number of phenolic OH excluding ortho intramolecular Hbond substituents is 1. The minimum absolute atomic E-state index is 0.0341. The van der Waals surface area contributed by atoms with Gasteiger partial charge in [0.25, 0.3) is 0 Å². The summed E-state index contributed by atoms with van der Waals surface area (Å²) in [5.74, 6) is -11.5. The molecule has 1 rings (SSSR count). The average Bonchev–Trinajstić information content (AvgIpc) is 3.28. The quantitative estimate of drug-likeness (QED) is 0.0341. The van der Waals surface area contributed by atoms with Crippen LogP contribution < -0.4 is 54.0 Å². The Bertz CT molecular complexity index is 1870. The molecule has 0 unspecified atom stereocenters. The molecule has 0 heterocycles. The van der Waals surface area contributed by atoms with Crippen molar-refractivity contribution in [1.82, 2.24) is 42.5 Å². The minimum Gasteiger partial charge on any atom is -0.508 e. The Morgan fingerprint density at radius 1 is 0.552 bits per heavy atom. The van der Waals surface area contributed by atoms with E-state index in [0.29, 0.717) is 5.56 Å². The van der Waals surface area contributed by atoms with E-state index in [0.717, 1.165) is 0 Å². The van der Waals surface area contributed by atoms with Crippen molar-refractivity contribution >= 4 is 59.1 Å². The Morgan fingerprint density at radius 3 is 1.42 bits per heavy atom. The molecule has 0 aromatic heterocycles. The van der Waals surface area contributed by atoms with Crippen molar-refractivity contribution in [2.45, 2.75) is 121 Å². The van der Waals surface area contributed by atoms with Gasteiger partial charge in [-0.2, -0.15) is 0 Å². The van der Waals surface area contributed by atoms with Gasteiger partial charge in [-0.05, 0) is 49.3 Å². The summed E-state index contributed by atoms with van der Waals surface area (Å²) in [6, 6.07) is -8.39. The van der Waals surface area contributed by atoms with E-state index in [4.69, 9.17) is 11.5 Å². The number of aliphatic hydroxyl groups is 4. The largest absolute Gasteiger partial charge is 0.508 e. The average molecular weight is 955 g/mol. The molecule has 0 saturated carbocycles. The lowest BCUT2D eigenvalue weighted by molar-refractivity contribution is -0.143. The van der Waals surface area contributed by atoms with Crippen molar-refractivity contribution in [2.24, 2.45) is 23.3 Å². The van der Waals surface area contributed by atoms with Crippen LogP contribution in [0.4, 0.5) is 0 Å². The van der Waals surface area contributed by atoms with Gasteiger partial charge in [-0.15, -0.1) is 0 Å². The number of aliphatic carboxylic acids is 1. The number of aliphatic hydroxyl groups excluding tert-OH is 4. The highest BCUT2D eigenvalue weighted by molar-refractivity contribution is 5.98. The normalized spacial score (nSPS) is 15.6. The van der Waals surface area contributed by atoms with Gasteiger partial charge in [-0.1, -0.05) is 46.2 Å². The molecule has 9 amide bonds. The molecule has 0 radical (unpaired) electrons. The second-order valence-electron chi connectivity index (χ2n) is 16.1. The van der Waals surface area contributed by atoms with Crippen molar-refractivity contribution in [1.29, 1.82) is 0 Å². The number of carbonyl (C=O) groups is 10. The third-order valence-corrected chi connectivity index (χ3v) is 10.2. The molecule has 0 aliphatic heterocycles. The summed E-state index contributed by atoms with van der Waals surface area (Å²) >= 11 is 0. The second-order valence-corrected chi connectivity index (χ2v) is 16.1. The van der Waals surface area contributed by atoms with Crippen molar-refractivity contribution in [2.75, 3.05) is 26.4 Å². The summed E-state index contributed by atoms with van der Waals surface area (Å²) in [6.07, 6.45) is -0.822. The van der Waals surface area contributed by atoms with Gasteiger partial charge in [0.05, 0.1) is 26.4 Å². The maximum absolute atomic E-state index is 13.8. The summed E-state index contributed by atoms with van der Waals surface area (Å²) in [7, 11) is 0. The van der Waals surface area contributed by atoms with Gasteiger partial charge in [0.1, 0.15) is 60.1 Å². The lowest BCUT2D eigenvalue weighted by atomic mass is 9.97. The molecular formula is C41H66N10O16. The molecule has 0 aliphatic carbocycles. The van der Waals surface area contributed by atoms with E-state index >= 15 is 0 Å². The first kappa shape index (κ1) is 58.5. The zero-order valence-electron chi connectivity index (χ0n) is 37.9. The van der Waals surface area contributed by atoms with Crippen LogP contribution in [0.1, 0.15) is 65.9 Å². The van der Waals surface area contributed by atoms with Crippen LogP contribution in [-0.4, -0.2) is 171 Å². The number of phenols is 1. The van der Waals surface area contributed by atoms with E-state index in [1.807, 2.05) is 0 Å². The van der Waals surface area contributed by atoms with Crippen LogP contribution in [0.25, 0.3) is 0 Å². The van der Waals surface area contributed by atoms with Crippen LogP contribution in [0.3, 0.4) is 0 Å². The molecule has 67 heavy (non-hydrogen) atoms. The van der Waals surface area contributed by atoms with Crippen LogP contribution in [0.5, 0.6) is 5.75 Å². The lowest BCUT2D eigenvalue weighted by Crippen LogP contribution is -2.61. The van der Waals surface area contributed by atoms with Crippen molar-refractivity contribution in [3.63, 3.8) is 0 Å². The molecule has 376 valence electrons. The van der Waals surface area contributed by atoms with Gasteiger partial charge in [-0.25, -0.2) is 4.79 Å². The molecule has 0 spiro atoms. The zero-order valence-corrected chi connectivity index (χ0v) is 37.9. The molecular weight excluding hydrogens is 889 g/mol. The number of carbonyl (C=O) groups excluding carboxylic acids is 9. The van der Waals surface area contributed by atoms with E-state index in [9.17, 15) is 78.6 Å². The number of carboxylic acid groups (broad SMARTS) is 1. The molecule has 10 atom stereocenters. The predicted molar refractivity (Wildman–Crippen MR) is 234 cm³/mol. The van der Waals surface area contributed by atoms with Crippen molar-refractivity contribution in [3.8, 4) is 5.75 Å². The Balaban J connectivity index is 3.19. The predicted octanol–water partition coefficient (Wildman–Crippen LogP) is -6.43. The number of nitrogens with one attached hydrogen (secondary N) is 8. The van der Waals surface area contributed by atoms with Crippen molar-refractivity contribution < 1.29 is 78.6 Å². The van der Waals surface area contributed by atoms with E-state index in [2.05, 4.69) is 42.5 Å². The minimum atomic E-state index is -1.77. The Labute approximate surface area is 386 Å². The third-order valence-electron chi connectivity index (χ3n) is 10.2. The second kappa shape index (κ2) is 29.2.